The number of hydrogen-bond donors (Lipinski definition) is 1. The van der Waals surface area contributed by atoms with Gasteiger partial charge in [-0.1, -0.05) is 65.1 Å². The molecule has 0 radical (unpaired) electrons. The van der Waals surface area contributed by atoms with E-state index >= 15 is 0 Å². The number of anilines is 1. The quantitative estimate of drug-likeness (QED) is 0.171. The van der Waals surface area contributed by atoms with Crippen LogP contribution >= 0.6 is 23.1 Å². The standard InChI is InChI=1S/C27H23N3O5S2/c1-15-7-10-17(11-8-15)14-36-27-29-28-26(37-27)30-22(18-5-4-6-19(13-18)34-3)21(24(32)25(30)33)23(31)20-12-9-16(2)35-20/h4-13,22,32H,14H2,1-3H3. The van der Waals surface area contributed by atoms with Gasteiger partial charge in [-0.25, -0.2) is 0 Å². The van der Waals surface area contributed by atoms with Crippen molar-refractivity contribution in [1.82, 2.24) is 10.2 Å². The molecule has 37 heavy (non-hydrogen) atoms. The number of aryl methyl sites for hydroxylation is 2. The van der Waals surface area contributed by atoms with Gasteiger partial charge in [0.25, 0.3) is 5.91 Å². The second-order valence-electron chi connectivity index (χ2n) is 8.48. The molecule has 1 aliphatic rings. The maximum atomic E-state index is 13.5. The largest absolute Gasteiger partial charge is 0.503 e. The summed E-state index contributed by atoms with van der Waals surface area (Å²) in [5.74, 6) is -0.138. The number of aliphatic hydroxyl groups excluding tert-OH is 1. The van der Waals surface area contributed by atoms with Crippen molar-refractivity contribution in [3.63, 3.8) is 0 Å². The Morgan fingerprint density at radius 2 is 1.92 bits per heavy atom. The minimum Gasteiger partial charge on any atom is -0.503 e. The molecule has 1 amide bonds. The number of aliphatic hydroxyl groups is 1. The SMILES string of the molecule is COc1cccc(C2C(C(=O)c3ccc(C)o3)=C(O)C(=O)N2c2nnc(SCc3ccc(C)cc3)s2)c1. The molecular weight excluding hydrogens is 510 g/mol. The summed E-state index contributed by atoms with van der Waals surface area (Å²) in [5, 5.41) is 19.7. The molecule has 1 unspecified atom stereocenters. The second-order valence-corrected chi connectivity index (χ2v) is 10.7. The molecule has 2 aromatic carbocycles. The summed E-state index contributed by atoms with van der Waals surface area (Å²) in [6, 6.07) is 17.5. The predicted octanol–water partition coefficient (Wildman–Crippen LogP) is 5.83. The molecule has 8 nitrogen and oxygen atoms in total. The van der Waals surface area contributed by atoms with Gasteiger partial charge in [0.2, 0.25) is 10.9 Å². The van der Waals surface area contributed by atoms with Crippen molar-refractivity contribution in [1.29, 1.82) is 0 Å². The molecule has 10 heteroatoms. The number of ketones is 1. The van der Waals surface area contributed by atoms with Crippen LogP contribution in [-0.2, 0) is 10.5 Å². The fourth-order valence-electron chi connectivity index (χ4n) is 4.04. The molecule has 0 aliphatic carbocycles. The lowest BCUT2D eigenvalue weighted by Gasteiger charge is -2.24. The molecule has 0 saturated heterocycles. The minimum absolute atomic E-state index is 0.0354. The lowest BCUT2D eigenvalue weighted by Crippen LogP contribution is -2.31. The van der Waals surface area contributed by atoms with Gasteiger partial charge in [-0.05, 0) is 49.2 Å². The Balaban J connectivity index is 1.50. The second kappa shape index (κ2) is 10.2. The number of aromatic nitrogens is 2. The molecule has 2 aromatic heterocycles. The van der Waals surface area contributed by atoms with Gasteiger partial charge in [0.15, 0.2) is 15.9 Å². The average Bonchev–Trinajstić information content (AvgIpc) is 3.62. The van der Waals surface area contributed by atoms with Crippen molar-refractivity contribution >= 4 is 39.9 Å². The first kappa shape index (κ1) is 24.8. The van der Waals surface area contributed by atoms with E-state index in [4.69, 9.17) is 9.15 Å². The van der Waals surface area contributed by atoms with Crippen LogP contribution in [0.2, 0.25) is 0 Å². The highest BCUT2D eigenvalue weighted by atomic mass is 32.2. The van der Waals surface area contributed by atoms with E-state index in [1.807, 2.05) is 6.92 Å². The van der Waals surface area contributed by atoms with E-state index in [-0.39, 0.29) is 16.5 Å². The van der Waals surface area contributed by atoms with Gasteiger partial charge in [0.1, 0.15) is 11.5 Å². The third-order valence-electron chi connectivity index (χ3n) is 5.91. The number of rotatable bonds is 8. The number of hydrogen-bond acceptors (Lipinski definition) is 9. The van der Waals surface area contributed by atoms with Crippen molar-refractivity contribution in [2.24, 2.45) is 0 Å². The van der Waals surface area contributed by atoms with Crippen LogP contribution in [0.25, 0.3) is 0 Å². The van der Waals surface area contributed by atoms with Crippen LogP contribution < -0.4 is 9.64 Å². The Labute approximate surface area is 221 Å². The van der Waals surface area contributed by atoms with Crippen LogP contribution in [0.5, 0.6) is 5.75 Å². The molecule has 4 aromatic rings. The summed E-state index contributed by atoms with van der Waals surface area (Å²) in [4.78, 5) is 28.1. The van der Waals surface area contributed by atoms with Crippen molar-refractivity contribution in [3.05, 3.63) is 100 Å². The molecule has 0 bridgehead atoms. The molecule has 1 atom stereocenters. The smallest absolute Gasteiger partial charge is 0.296 e. The van der Waals surface area contributed by atoms with Crippen LogP contribution in [0, 0.1) is 13.8 Å². The van der Waals surface area contributed by atoms with Gasteiger partial charge in [0.05, 0.1) is 18.7 Å². The average molecular weight is 534 g/mol. The molecule has 1 N–H and O–H groups in total. The zero-order valence-electron chi connectivity index (χ0n) is 20.3. The molecule has 0 spiro atoms. The van der Waals surface area contributed by atoms with Crippen LogP contribution in [-0.4, -0.2) is 34.1 Å². The van der Waals surface area contributed by atoms with E-state index in [1.165, 1.54) is 46.7 Å². The van der Waals surface area contributed by atoms with Gasteiger partial charge in [-0.2, -0.15) is 0 Å². The monoisotopic (exact) mass is 533 g/mol. The Hall–Kier alpha value is -3.89. The summed E-state index contributed by atoms with van der Waals surface area (Å²) < 4.78 is 11.5. The molecule has 5 rings (SSSR count). The highest BCUT2D eigenvalue weighted by molar-refractivity contribution is 8.00. The topological polar surface area (TPSA) is 106 Å². The fraction of sp³-hybridized carbons (Fsp3) is 0.185. The van der Waals surface area contributed by atoms with Gasteiger partial charge in [-0.15, -0.1) is 10.2 Å². The lowest BCUT2D eigenvalue weighted by atomic mass is 9.95. The van der Waals surface area contributed by atoms with Gasteiger partial charge in [-0.3, -0.25) is 14.5 Å². The van der Waals surface area contributed by atoms with E-state index < -0.39 is 23.5 Å². The Morgan fingerprint density at radius 1 is 1.14 bits per heavy atom. The number of amides is 1. The number of methoxy groups -OCH3 is 1. The number of ether oxygens (including phenoxy) is 1. The van der Waals surface area contributed by atoms with E-state index in [9.17, 15) is 14.7 Å². The molecule has 0 fully saturated rings. The zero-order chi connectivity index (χ0) is 26.1. The number of thioether (sulfide) groups is 1. The van der Waals surface area contributed by atoms with E-state index in [2.05, 4.69) is 34.5 Å². The van der Waals surface area contributed by atoms with Gasteiger partial charge < -0.3 is 14.3 Å². The maximum Gasteiger partial charge on any atom is 0.296 e. The molecule has 3 heterocycles. The molecule has 0 saturated carbocycles. The van der Waals surface area contributed by atoms with Crippen LogP contribution in [0.4, 0.5) is 5.13 Å². The number of benzene rings is 2. The van der Waals surface area contributed by atoms with Crippen LogP contribution in [0.3, 0.4) is 0 Å². The summed E-state index contributed by atoms with van der Waals surface area (Å²) in [6.45, 7) is 3.75. The van der Waals surface area contributed by atoms with E-state index in [0.717, 1.165) is 5.56 Å². The molecule has 188 valence electrons. The first-order valence-corrected chi connectivity index (χ1v) is 13.2. The number of Topliss-reactive ketones (excluding diaryl/α,β-unsaturated/α-hetero) is 1. The first-order chi connectivity index (χ1) is 17.9. The number of furan rings is 1. The Kier molecular flexibility index (Phi) is 6.86. The molecule has 1 aliphatic heterocycles. The Bertz CT molecular complexity index is 1510. The van der Waals surface area contributed by atoms with E-state index in [1.54, 1.807) is 37.3 Å². The van der Waals surface area contributed by atoms with Crippen molar-refractivity contribution < 1.29 is 23.8 Å². The fourth-order valence-corrected chi connectivity index (χ4v) is 5.86. The lowest BCUT2D eigenvalue weighted by molar-refractivity contribution is -0.117. The van der Waals surface area contributed by atoms with Crippen LogP contribution in [0.15, 0.2) is 80.8 Å². The summed E-state index contributed by atoms with van der Waals surface area (Å²) in [6.07, 6.45) is 0. The van der Waals surface area contributed by atoms with E-state index in [0.29, 0.717) is 27.2 Å². The third kappa shape index (κ3) is 4.90. The minimum atomic E-state index is -0.941. The summed E-state index contributed by atoms with van der Waals surface area (Å²) in [7, 11) is 1.53. The van der Waals surface area contributed by atoms with Crippen LogP contribution in [0.1, 0.15) is 39.0 Å². The third-order valence-corrected chi connectivity index (χ3v) is 8.04. The van der Waals surface area contributed by atoms with Gasteiger partial charge >= 0.3 is 0 Å². The number of nitrogens with zero attached hydrogens (tertiary/aromatic N) is 3. The highest BCUT2D eigenvalue weighted by Crippen LogP contribution is 2.44. The van der Waals surface area contributed by atoms with Crippen molar-refractivity contribution in [2.45, 2.75) is 30.0 Å². The van der Waals surface area contributed by atoms with Crippen molar-refractivity contribution in [3.8, 4) is 5.75 Å². The first-order valence-electron chi connectivity index (χ1n) is 11.4. The van der Waals surface area contributed by atoms with Gasteiger partial charge in [0, 0.05) is 5.75 Å². The van der Waals surface area contributed by atoms with Crippen molar-refractivity contribution in [2.75, 3.05) is 12.0 Å². The normalized spacial score (nSPS) is 15.5. The Morgan fingerprint density at radius 3 is 2.62 bits per heavy atom. The summed E-state index contributed by atoms with van der Waals surface area (Å²) in [5.41, 5.74) is 2.81. The highest BCUT2D eigenvalue weighted by Gasteiger charge is 2.46. The predicted molar refractivity (Wildman–Crippen MR) is 141 cm³/mol. The summed E-state index contributed by atoms with van der Waals surface area (Å²) >= 11 is 2.72. The maximum absolute atomic E-state index is 13.5. The number of carbonyl (C=O) groups excluding carboxylic acids is 2. The zero-order valence-corrected chi connectivity index (χ0v) is 21.9. The molecular formula is C27H23N3O5S2. The number of carbonyl (C=O) groups is 2.